The minimum atomic E-state index is 0.590. The third-order valence-corrected chi connectivity index (χ3v) is 2.55. The fourth-order valence-corrected chi connectivity index (χ4v) is 1.88. The Morgan fingerprint density at radius 1 is 1.38 bits per heavy atom. The molecule has 0 aliphatic carbocycles. The van der Waals surface area contributed by atoms with Crippen molar-refractivity contribution in [3.8, 4) is 0 Å². The molecule has 13 heavy (non-hydrogen) atoms. The van der Waals surface area contributed by atoms with Crippen molar-refractivity contribution in [1.29, 1.82) is 0 Å². The van der Waals surface area contributed by atoms with Gasteiger partial charge in [-0.3, -0.25) is 0 Å². The highest BCUT2D eigenvalue weighted by molar-refractivity contribution is 9.10. The molecule has 0 aliphatic heterocycles. The van der Waals surface area contributed by atoms with E-state index in [4.69, 9.17) is 0 Å². The number of nitrogens with zero attached hydrogens (tertiary/aromatic N) is 1. The number of halogens is 1. The van der Waals surface area contributed by atoms with Crippen molar-refractivity contribution in [2.24, 2.45) is 0 Å². The van der Waals surface area contributed by atoms with Crippen LogP contribution in [0.25, 0.3) is 0 Å². The van der Waals surface area contributed by atoms with E-state index in [-0.39, 0.29) is 0 Å². The first-order chi connectivity index (χ1) is 6.09. The molecule has 0 fully saturated rings. The highest BCUT2D eigenvalue weighted by Gasteiger charge is 2.06. The van der Waals surface area contributed by atoms with Crippen LogP contribution in [-0.2, 0) is 0 Å². The van der Waals surface area contributed by atoms with Gasteiger partial charge in [-0.1, -0.05) is 35.0 Å². The minimum absolute atomic E-state index is 0.590. The molecule has 0 aliphatic rings. The molecule has 1 rings (SSSR count). The first-order valence-corrected chi connectivity index (χ1v) is 5.29. The average Bonchev–Trinajstić information content (AvgIpc) is 2.03. The van der Waals surface area contributed by atoms with Gasteiger partial charge in [0.15, 0.2) is 0 Å². The molecule has 2 heteroatoms. The van der Waals surface area contributed by atoms with E-state index < -0.39 is 0 Å². The maximum atomic E-state index is 3.48. The smallest absolute Gasteiger partial charge is 0.0178 e. The van der Waals surface area contributed by atoms with Gasteiger partial charge in [-0.2, -0.15) is 0 Å². The summed E-state index contributed by atoms with van der Waals surface area (Å²) >= 11 is 3.48. The van der Waals surface area contributed by atoms with Crippen LogP contribution in [0.15, 0.2) is 28.7 Å². The summed E-state index contributed by atoms with van der Waals surface area (Å²) < 4.78 is 1.16. The maximum Gasteiger partial charge on any atom is 0.0178 e. The Labute approximate surface area is 88.9 Å². The van der Waals surface area contributed by atoms with Gasteiger partial charge < -0.3 is 4.90 Å². The Hall–Kier alpha value is -0.340. The van der Waals surface area contributed by atoms with Gasteiger partial charge >= 0.3 is 0 Å². The Bertz CT molecular complexity index is 271. The third-order valence-electron chi connectivity index (χ3n) is 2.06. The van der Waals surface area contributed by atoms with E-state index in [1.165, 1.54) is 5.56 Å². The van der Waals surface area contributed by atoms with E-state index >= 15 is 0 Å². The molecular formula is C11H16BrN. The van der Waals surface area contributed by atoms with Crippen LogP contribution in [0.4, 0.5) is 0 Å². The van der Waals surface area contributed by atoms with Crippen LogP contribution in [0.3, 0.4) is 0 Å². The van der Waals surface area contributed by atoms with Gasteiger partial charge in [-0.25, -0.2) is 0 Å². The Balaban J connectivity index is 2.71. The number of benzene rings is 1. The van der Waals surface area contributed by atoms with Crippen LogP contribution in [0.1, 0.15) is 18.4 Å². The van der Waals surface area contributed by atoms with Crippen molar-refractivity contribution in [3.63, 3.8) is 0 Å². The Morgan fingerprint density at radius 3 is 2.62 bits per heavy atom. The van der Waals surface area contributed by atoms with E-state index in [9.17, 15) is 0 Å². The van der Waals surface area contributed by atoms with Crippen molar-refractivity contribution in [3.05, 3.63) is 34.3 Å². The minimum Gasteiger partial charge on any atom is -0.309 e. The lowest BCUT2D eigenvalue weighted by atomic mass is 10.0. The first kappa shape index (κ1) is 10.7. The fraction of sp³-hybridized carbons (Fsp3) is 0.455. The van der Waals surface area contributed by atoms with Gasteiger partial charge in [0.2, 0.25) is 0 Å². The second-order valence-electron chi connectivity index (χ2n) is 3.72. The van der Waals surface area contributed by atoms with Crippen LogP contribution >= 0.6 is 15.9 Å². The van der Waals surface area contributed by atoms with Crippen LogP contribution in [-0.4, -0.2) is 25.5 Å². The van der Waals surface area contributed by atoms with Gasteiger partial charge in [0.25, 0.3) is 0 Å². The fourth-order valence-electron chi connectivity index (χ4n) is 1.47. The highest BCUT2D eigenvalue weighted by atomic mass is 79.9. The van der Waals surface area contributed by atoms with Gasteiger partial charge in [-0.05, 0) is 37.7 Å². The molecule has 0 amide bonds. The number of rotatable bonds is 3. The van der Waals surface area contributed by atoms with E-state index in [1.807, 2.05) is 0 Å². The highest BCUT2D eigenvalue weighted by Crippen LogP contribution is 2.19. The molecule has 0 bridgehead atoms. The van der Waals surface area contributed by atoms with Crippen molar-refractivity contribution in [2.75, 3.05) is 20.6 Å². The van der Waals surface area contributed by atoms with Crippen molar-refractivity contribution in [2.45, 2.75) is 12.8 Å². The Kier molecular flexibility index (Phi) is 3.94. The lowest BCUT2D eigenvalue weighted by Gasteiger charge is -2.17. The molecule has 72 valence electrons. The topological polar surface area (TPSA) is 3.24 Å². The van der Waals surface area contributed by atoms with E-state index in [0.717, 1.165) is 11.0 Å². The Morgan fingerprint density at radius 2 is 2.08 bits per heavy atom. The zero-order valence-electron chi connectivity index (χ0n) is 8.42. The van der Waals surface area contributed by atoms with Crippen LogP contribution in [0.5, 0.6) is 0 Å². The average molecular weight is 242 g/mol. The summed E-state index contributed by atoms with van der Waals surface area (Å²) in [5.41, 5.74) is 1.39. The lowest BCUT2D eigenvalue weighted by Crippen LogP contribution is -2.18. The van der Waals surface area contributed by atoms with Crippen molar-refractivity contribution >= 4 is 15.9 Å². The molecule has 0 aromatic heterocycles. The van der Waals surface area contributed by atoms with Gasteiger partial charge in [0, 0.05) is 11.0 Å². The second-order valence-corrected chi connectivity index (χ2v) is 4.63. The molecule has 1 atom stereocenters. The monoisotopic (exact) mass is 241 g/mol. The lowest BCUT2D eigenvalue weighted by molar-refractivity contribution is 0.383. The summed E-state index contributed by atoms with van der Waals surface area (Å²) in [6.45, 7) is 3.35. The molecule has 0 radical (unpaired) electrons. The number of hydrogen-bond donors (Lipinski definition) is 0. The van der Waals surface area contributed by atoms with Gasteiger partial charge in [0.05, 0.1) is 0 Å². The molecule has 1 aromatic carbocycles. The van der Waals surface area contributed by atoms with E-state index in [2.05, 4.69) is 66.1 Å². The van der Waals surface area contributed by atoms with Gasteiger partial charge in [0.1, 0.15) is 0 Å². The molecule has 0 saturated carbocycles. The third kappa shape index (κ3) is 3.49. The summed E-state index contributed by atoms with van der Waals surface area (Å²) in [7, 11) is 4.21. The summed E-state index contributed by atoms with van der Waals surface area (Å²) in [5, 5.41) is 0. The van der Waals surface area contributed by atoms with E-state index in [1.54, 1.807) is 0 Å². The maximum absolute atomic E-state index is 3.48. The molecule has 1 unspecified atom stereocenters. The number of hydrogen-bond acceptors (Lipinski definition) is 1. The molecule has 1 aromatic rings. The predicted octanol–water partition coefficient (Wildman–Crippen LogP) is 3.11. The quantitative estimate of drug-likeness (QED) is 0.787. The summed E-state index contributed by atoms with van der Waals surface area (Å²) in [6, 6.07) is 8.52. The zero-order valence-corrected chi connectivity index (χ0v) is 10.0. The SMILES string of the molecule is CC(CN(C)C)c1cccc(Br)c1. The molecular weight excluding hydrogens is 226 g/mol. The predicted molar refractivity (Wildman–Crippen MR) is 61.1 cm³/mol. The molecule has 1 nitrogen and oxygen atoms in total. The van der Waals surface area contributed by atoms with Gasteiger partial charge in [-0.15, -0.1) is 0 Å². The zero-order chi connectivity index (χ0) is 9.84. The van der Waals surface area contributed by atoms with Crippen molar-refractivity contribution in [1.82, 2.24) is 4.90 Å². The number of likely N-dealkylation sites (N-methyl/N-ethyl adjacent to an activating group) is 1. The molecule has 0 spiro atoms. The van der Waals surface area contributed by atoms with Crippen LogP contribution < -0.4 is 0 Å². The largest absolute Gasteiger partial charge is 0.309 e. The summed E-state index contributed by atoms with van der Waals surface area (Å²) in [4.78, 5) is 2.21. The molecule has 0 heterocycles. The normalized spacial score (nSPS) is 13.3. The second kappa shape index (κ2) is 4.77. The van der Waals surface area contributed by atoms with Crippen LogP contribution in [0, 0.1) is 0 Å². The first-order valence-electron chi connectivity index (χ1n) is 4.50. The summed E-state index contributed by atoms with van der Waals surface area (Å²) in [5.74, 6) is 0.590. The standard InChI is InChI=1S/C11H16BrN/c1-9(8-13(2)3)10-5-4-6-11(12)7-10/h4-7,9H,8H2,1-3H3. The summed E-state index contributed by atoms with van der Waals surface area (Å²) in [6.07, 6.45) is 0. The van der Waals surface area contributed by atoms with Crippen molar-refractivity contribution < 1.29 is 0 Å². The van der Waals surface area contributed by atoms with E-state index in [0.29, 0.717) is 5.92 Å². The van der Waals surface area contributed by atoms with Crippen LogP contribution in [0.2, 0.25) is 0 Å². The molecule has 0 saturated heterocycles. The molecule has 0 N–H and O–H groups in total.